The fourth-order valence-electron chi connectivity index (χ4n) is 3.32. The lowest BCUT2D eigenvalue weighted by Gasteiger charge is -2.31. The quantitative estimate of drug-likeness (QED) is 0.754. The minimum atomic E-state index is -0.471. The van der Waals surface area contributed by atoms with Gasteiger partial charge in [0.05, 0.1) is 13.2 Å². The molecule has 0 saturated carbocycles. The zero-order valence-corrected chi connectivity index (χ0v) is 16.8. The summed E-state index contributed by atoms with van der Waals surface area (Å²) in [6.45, 7) is 5.27. The molecule has 0 spiro atoms. The van der Waals surface area contributed by atoms with Crippen LogP contribution in [-0.4, -0.2) is 45.6 Å². The van der Waals surface area contributed by atoms with Crippen molar-refractivity contribution in [3.8, 4) is 17.1 Å². The van der Waals surface area contributed by atoms with Gasteiger partial charge >= 0.3 is 6.01 Å². The van der Waals surface area contributed by atoms with Gasteiger partial charge in [0, 0.05) is 47.7 Å². The first-order valence-electron chi connectivity index (χ1n) is 9.79. The van der Waals surface area contributed by atoms with E-state index in [9.17, 15) is 14.3 Å². The third-order valence-electron chi connectivity index (χ3n) is 5.31. The minimum Gasteiger partial charge on any atom is -0.463 e. The molecule has 7 heteroatoms. The number of hydrogen-bond donors (Lipinski definition) is 1. The molecule has 0 atom stereocenters. The fourth-order valence-corrected chi connectivity index (χ4v) is 3.32. The van der Waals surface area contributed by atoms with E-state index in [4.69, 9.17) is 4.74 Å². The molecule has 1 fully saturated rings. The average Bonchev–Trinajstić information content (AvgIpc) is 2.77. The first-order chi connectivity index (χ1) is 14.0. The predicted molar refractivity (Wildman–Crippen MR) is 108 cm³/mol. The van der Waals surface area contributed by atoms with E-state index in [1.165, 1.54) is 18.5 Å². The number of amides is 1. The van der Waals surface area contributed by atoms with Crippen molar-refractivity contribution in [2.24, 2.45) is 5.92 Å². The zero-order valence-electron chi connectivity index (χ0n) is 16.8. The van der Waals surface area contributed by atoms with Crippen molar-refractivity contribution in [3.63, 3.8) is 0 Å². The van der Waals surface area contributed by atoms with Crippen LogP contribution < -0.4 is 4.74 Å². The van der Waals surface area contributed by atoms with Crippen LogP contribution in [0.3, 0.4) is 0 Å². The van der Waals surface area contributed by atoms with Crippen LogP contribution in [0.2, 0.25) is 0 Å². The van der Waals surface area contributed by atoms with Crippen molar-refractivity contribution >= 4 is 5.91 Å². The third-order valence-corrected chi connectivity index (χ3v) is 5.31. The van der Waals surface area contributed by atoms with Crippen molar-refractivity contribution in [1.82, 2.24) is 14.9 Å². The number of hydrogen-bond acceptors (Lipinski definition) is 5. The Hall–Kier alpha value is -2.80. The van der Waals surface area contributed by atoms with Crippen LogP contribution in [0.4, 0.5) is 4.39 Å². The number of aliphatic hydroxyl groups is 1. The number of likely N-dealkylation sites (tertiary alicyclic amines) is 1. The smallest absolute Gasteiger partial charge is 0.316 e. The number of piperidine rings is 1. The van der Waals surface area contributed by atoms with Gasteiger partial charge in [-0.3, -0.25) is 4.79 Å². The number of nitrogens with zero attached hydrogens (tertiary/aromatic N) is 3. The second-order valence-corrected chi connectivity index (χ2v) is 7.21. The van der Waals surface area contributed by atoms with Crippen molar-refractivity contribution in [3.05, 3.63) is 53.6 Å². The van der Waals surface area contributed by atoms with Gasteiger partial charge in [-0.25, -0.2) is 14.4 Å². The van der Waals surface area contributed by atoms with E-state index in [0.29, 0.717) is 23.7 Å². The molecule has 6 nitrogen and oxygen atoms in total. The van der Waals surface area contributed by atoms with Crippen LogP contribution in [0.5, 0.6) is 6.01 Å². The first kappa shape index (κ1) is 20.9. The number of rotatable bonds is 6. The fraction of sp³-hybridized carbons (Fsp3) is 0.409. The van der Waals surface area contributed by atoms with Crippen LogP contribution in [0.25, 0.3) is 11.1 Å². The summed E-state index contributed by atoms with van der Waals surface area (Å²) in [4.78, 5) is 22.4. The van der Waals surface area contributed by atoms with Crippen LogP contribution in [0.15, 0.2) is 42.2 Å². The molecular formula is C22H26FN3O3. The molecule has 0 aliphatic carbocycles. The zero-order chi connectivity index (χ0) is 20.8. The number of carbonyl (C=O) groups excluding carboxylic acids is 1. The van der Waals surface area contributed by atoms with Crippen molar-refractivity contribution < 1.29 is 19.0 Å². The standard InChI is InChI=1S/C22H26FN3O3/c1-3-15(2)21(28)26-9-7-16(8-10-26)14-29-22-24-11-18(12-25-22)19-6-4-5-17(13-27)20(19)23/h3-6,11-12,16,27H,7-10,13-14H2,1-2H3/b15-3-. The maximum atomic E-state index is 14.3. The highest BCUT2D eigenvalue weighted by atomic mass is 19.1. The maximum Gasteiger partial charge on any atom is 0.316 e. The van der Waals surface area contributed by atoms with E-state index >= 15 is 0 Å². The Morgan fingerprint density at radius 1 is 1.31 bits per heavy atom. The number of allylic oxidation sites excluding steroid dienone is 1. The highest BCUT2D eigenvalue weighted by molar-refractivity contribution is 5.92. The van der Waals surface area contributed by atoms with Crippen molar-refractivity contribution in [2.75, 3.05) is 19.7 Å². The normalized spacial score (nSPS) is 15.4. The number of aliphatic hydroxyl groups excluding tert-OH is 1. The number of carbonyl (C=O) groups is 1. The van der Waals surface area contributed by atoms with E-state index in [1.807, 2.05) is 24.8 Å². The molecule has 1 saturated heterocycles. The Labute approximate surface area is 170 Å². The number of benzene rings is 1. The molecule has 2 aromatic rings. The van der Waals surface area contributed by atoms with E-state index < -0.39 is 5.82 Å². The average molecular weight is 399 g/mol. The minimum absolute atomic E-state index is 0.100. The molecular weight excluding hydrogens is 373 g/mol. The second kappa shape index (κ2) is 9.60. The molecule has 29 heavy (non-hydrogen) atoms. The molecule has 1 aliphatic heterocycles. The Kier molecular flexibility index (Phi) is 6.93. The van der Waals surface area contributed by atoms with Crippen LogP contribution >= 0.6 is 0 Å². The lowest BCUT2D eigenvalue weighted by atomic mass is 9.97. The molecule has 154 valence electrons. The van der Waals surface area contributed by atoms with Crippen LogP contribution in [0.1, 0.15) is 32.3 Å². The van der Waals surface area contributed by atoms with Gasteiger partial charge in [-0.05, 0) is 32.6 Å². The highest BCUT2D eigenvalue weighted by Gasteiger charge is 2.24. The molecule has 1 aliphatic rings. The lowest BCUT2D eigenvalue weighted by molar-refractivity contribution is -0.128. The summed E-state index contributed by atoms with van der Waals surface area (Å²) >= 11 is 0. The highest BCUT2D eigenvalue weighted by Crippen LogP contribution is 2.25. The van der Waals surface area contributed by atoms with Crippen molar-refractivity contribution in [1.29, 1.82) is 0 Å². The van der Waals surface area contributed by atoms with Gasteiger partial charge in [0.15, 0.2) is 0 Å². The monoisotopic (exact) mass is 399 g/mol. The predicted octanol–water partition coefficient (Wildman–Crippen LogP) is 3.36. The van der Waals surface area contributed by atoms with Gasteiger partial charge < -0.3 is 14.7 Å². The SMILES string of the molecule is C/C=C(/C)C(=O)N1CCC(COc2ncc(-c3cccc(CO)c3F)cn2)CC1. The molecule has 1 N–H and O–H groups in total. The maximum absolute atomic E-state index is 14.3. The first-order valence-corrected chi connectivity index (χ1v) is 9.79. The van der Waals surface area contributed by atoms with Gasteiger partial charge in [-0.1, -0.05) is 24.3 Å². The van der Waals surface area contributed by atoms with E-state index in [1.54, 1.807) is 12.1 Å². The number of aromatic nitrogens is 2. The third kappa shape index (κ3) is 4.98. The summed E-state index contributed by atoms with van der Waals surface area (Å²) in [5, 5.41) is 9.20. The van der Waals surface area contributed by atoms with E-state index in [-0.39, 0.29) is 24.1 Å². The summed E-state index contributed by atoms with van der Waals surface area (Å²) in [6.07, 6.45) is 6.62. The molecule has 2 heterocycles. The van der Waals surface area contributed by atoms with Crippen molar-refractivity contribution in [2.45, 2.75) is 33.3 Å². The topological polar surface area (TPSA) is 75.6 Å². The Morgan fingerprint density at radius 2 is 2.00 bits per heavy atom. The van der Waals surface area contributed by atoms with Gasteiger partial charge in [0.1, 0.15) is 5.82 Å². The lowest BCUT2D eigenvalue weighted by Crippen LogP contribution is -2.40. The van der Waals surface area contributed by atoms with Crippen LogP contribution in [0, 0.1) is 11.7 Å². The number of halogens is 1. The summed E-state index contributed by atoms with van der Waals surface area (Å²) in [5.41, 5.74) is 1.87. The molecule has 0 radical (unpaired) electrons. The summed E-state index contributed by atoms with van der Waals surface area (Å²) in [5.74, 6) is -0.0306. The number of ether oxygens (including phenoxy) is 1. The van der Waals surface area contributed by atoms with E-state index in [2.05, 4.69) is 9.97 Å². The second-order valence-electron chi connectivity index (χ2n) is 7.21. The molecule has 3 rings (SSSR count). The Morgan fingerprint density at radius 3 is 2.62 bits per heavy atom. The van der Waals surface area contributed by atoms with Gasteiger partial charge in [0.2, 0.25) is 5.91 Å². The summed E-state index contributed by atoms with van der Waals surface area (Å²) < 4.78 is 20.0. The molecule has 0 bridgehead atoms. The summed E-state index contributed by atoms with van der Waals surface area (Å²) in [6, 6.07) is 5.09. The largest absolute Gasteiger partial charge is 0.463 e. The van der Waals surface area contributed by atoms with E-state index in [0.717, 1.165) is 31.5 Å². The molecule has 0 unspecified atom stereocenters. The molecule has 1 amide bonds. The van der Waals surface area contributed by atoms with Gasteiger partial charge in [0.25, 0.3) is 0 Å². The molecule has 1 aromatic heterocycles. The van der Waals surface area contributed by atoms with Gasteiger partial charge in [-0.15, -0.1) is 0 Å². The molecule has 1 aromatic carbocycles. The summed E-state index contributed by atoms with van der Waals surface area (Å²) in [7, 11) is 0. The van der Waals surface area contributed by atoms with Crippen LogP contribution in [-0.2, 0) is 11.4 Å². The Balaban J connectivity index is 1.53. The Bertz CT molecular complexity index is 875. The van der Waals surface area contributed by atoms with Gasteiger partial charge in [-0.2, -0.15) is 0 Å².